The number of hydrogen-bond donors (Lipinski definition) is 0. The standard InChI is InChI=1S/C24H32N2O2S/c1-6-18(5)26(24(28)16(2)3)15-22(27)25-13-11-21-20(12-14-29-21)23(25)19-9-7-17(4)8-10-19/h7-10,12,14,16,18,23H,6,11,13,15H2,1-5H3. The van der Waals surface area contributed by atoms with E-state index in [-0.39, 0.29) is 36.4 Å². The normalized spacial score (nSPS) is 17.2. The molecule has 0 spiro atoms. The molecule has 3 rings (SSSR count). The van der Waals surface area contributed by atoms with Crippen molar-refractivity contribution < 1.29 is 9.59 Å². The van der Waals surface area contributed by atoms with Crippen LogP contribution in [0.15, 0.2) is 35.7 Å². The minimum Gasteiger partial charge on any atom is -0.330 e. The number of rotatable bonds is 6. The Hall–Kier alpha value is -2.14. The summed E-state index contributed by atoms with van der Waals surface area (Å²) in [6.45, 7) is 10.8. The summed E-state index contributed by atoms with van der Waals surface area (Å²) < 4.78 is 0. The van der Waals surface area contributed by atoms with E-state index in [1.165, 1.54) is 16.0 Å². The highest BCUT2D eigenvalue weighted by Gasteiger charge is 2.34. The summed E-state index contributed by atoms with van der Waals surface area (Å²) in [5, 5.41) is 2.12. The lowest BCUT2D eigenvalue weighted by molar-refractivity contribution is -0.145. The topological polar surface area (TPSA) is 40.6 Å². The van der Waals surface area contributed by atoms with Crippen LogP contribution in [0, 0.1) is 12.8 Å². The Balaban J connectivity index is 1.91. The molecule has 0 aliphatic carbocycles. The second-order valence-electron chi connectivity index (χ2n) is 8.33. The second-order valence-corrected chi connectivity index (χ2v) is 9.33. The maximum absolute atomic E-state index is 13.5. The molecule has 1 aliphatic rings. The largest absolute Gasteiger partial charge is 0.330 e. The number of amides is 2. The lowest BCUT2D eigenvalue weighted by Gasteiger charge is -2.39. The molecule has 2 atom stereocenters. The highest BCUT2D eigenvalue weighted by atomic mass is 32.1. The third-order valence-corrected chi connectivity index (χ3v) is 6.88. The monoisotopic (exact) mass is 412 g/mol. The van der Waals surface area contributed by atoms with E-state index in [9.17, 15) is 9.59 Å². The van der Waals surface area contributed by atoms with Gasteiger partial charge in [-0.2, -0.15) is 0 Å². The highest BCUT2D eigenvalue weighted by molar-refractivity contribution is 7.10. The second kappa shape index (κ2) is 9.12. The van der Waals surface area contributed by atoms with Crippen LogP contribution in [0.2, 0.25) is 0 Å². The maximum atomic E-state index is 13.5. The Bertz CT molecular complexity index is 856. The fraction of sp³-hybridized carbons (Fsp3) is 0.500. The van der Waals surface area contributed by atoms with Gasteiger partial charge in [0.2, 0.25) is 11.8 Å². The average Bonchev–Trinajstić information content (AvgIpc) is 3.19. The molecular weight excluding hydrogens is 380 g/mol. The predicted molar refractivity (Wildman–Crippen MR) is 119 cm³/mol. The fourth-order valence-electron chi connectivity index (χ4n) is 3.93. The summed E-state index contributed by atoms with van der Waals surface area (Å²) in [6, 6.07) is 10.6. The van der Waals surface area contributed by atoms with E-state index in [1.807, 2.05) is 25.7 Å². The molecule has 5 heteroatoms. The molecule has 2 unspecified atom stereocenters. The first-order chi connectivity index (χ1) is 13.8. The first kappa shape index (κ1) is 21.6. The van der Waals surface area contributed by atoms with Gasteiger partial charge >= 0.3 is 0 Å². The van der Waals surface area contributed by atoms with E-state index >= 15 is 0 Å². The lowest BCUT2D eigenvalue weighted by atomic mass is 9.92. The number of nitrogens with zero attached hydrogens (tertiary/aromatic N) is 2. The van der Waals surface area contributed by atoms with E-state index in [2.05, 4.69) is 49.6 Å². The third kappa shape index (κ3) is 4.55. The van der Waals surface area contributed by atoms with Gasteiger partial charge in [0.05, 0.1) is 6.04 Å². The van der Waals surface area contributed by atoms with Gasteiger partial charge in [-0.25, -0.2) is 0 Å². The molecule has 2 heterocycles. The number of fused-ring (bicyclic) bond motifs is 1. The van der Waals surface area contributed by atoms with E-state index in [4.69, 9.17) is 0 Å². The molecule has 2 aromatic rings. The van der Waals surface area contributed by atoms with Crippen molar-refractivity contribution in [1.82, 2.24) is 9.80 Å². The smallest absolute Gasteiger partial charge is 0.243 e. The van der Waals surface area contributed by atoms with Gasteiger partial charge in [-0.15, -0.1) is 11.3 Å². The summed E-state index contributed by atoms with van der Waals surface area (Å²) in [7, 11) is 0. The van der Waals surface area contributed by atoms with Crippen molar-refractivity contribution in [2.45, 2.75) is 59.5 Å². The molecule has 29 heavy (non-hydrogen) atoms. The summed E-state index contributed by atoms with van der Waals surface area (Å²) in [4.78, 5) is 31.3. The average molecular weight is 413 g/mol. The van der Waals surface area contributed by atoms with Crippen LogP contribution in [-0.4, -0.2) is 40.7 Å². The SMILES string of the molecule is CCC(C)N(CC(=O)N1CCc2sccc2C1c1ccc(C)cc1)C(=O)C(C)C. The van der Waals surface area contributed by atoms with E-state index in [0.29, 0.717) is 6.54 Å². The van der Waals surface area contributed by atoms with E-state index in [1.54, 1.807) is 16.2 Å². The van der Waals surface area contributed by atoms with Gasteiger partial charge < -0.3 is 9.80 Å². The fourth-order valence-corrected chi connectivity index (χ4v) is 4.84. The van der Waals surface area contributed by atoms with Crippen LogP contribution < -0.4 is 0 Å². The van der Waals surface area contributed by atoms with Crippen molar-refractivity contribution in [2.24, 2.45) is 5.92 Å². The number of aryl methyl sites for hydroxylation is 1. The molecule has 2 amide bonds. The number of carbonyl (C=O) groups excluding carboxylic acids is 2. The zero-order chi connectivity index (χ0) is 21.1. The Morgan fingerprint density at radius 1 is 1.17 bits per heavy atom. The molecule has 1 aromatic carbocycles. The van der Waals surface area contributed by atoms with Crippen molar-refractivity contribution >= 4 is 23.2 Å². The first-order valence-electron chi connectivity index (χ1n) is 10.6. The summed E-state index contributed by atoms with van der Waals surface area (Å²) >= 11 is 1.77. The molecule has 0 bridgehead atoms. The Morgan fingerprint density at radius 3 is 2.48 bits per heavy atom. The zero-order valence-corrected chi connectivity index (χ0v) is 19.0. The number of hydrogen-bond acceptors (Lipinski definition) is 3. The molecule has 0 fully saturated rings. The Labute approximate surface area is 178 Å². The van der Waals surface area contributed by atoms with E-state index in [0.717, 1.165) is 18.4 Å². The molecular formula is C24H32N2O2S. The van der Waals surface area contributed by atoms with Gasteiger partial charge in [0.25, 0.3) is 0 Å². The molecule has 0 radical (unpaired) electrons. The van der Waals surface area contributed by atoms with Crippen molar-refractivity contribution in [3.63, 3.8) is 0 Å². The lowest BCUT2D eigenvalue weighted by Crippen LogP contribution is -2.50. The Morgan fingerprint density at radius 2 is 1.86 bits per heavy atom. The zero-order valence-electron chi connectivity index (χ0n) is 18.1. The van der Waals surface area contributed by atoms with Crippen LogP contribution in [0.1, 0.15) is 61.7 Å². The number of carbonyl (C=O) groups is 2. The first-order valence-corrected chi connectivity index (χ1v) is 11.4. The van der Waals surface area contributed by atoms with Gasteiger partial charge in [0, 0.05) is 23.4 Å². The maximum Gasteiger partial charge on any atom is 0.243 e. The van der Waals surface area contributed by atoms with Crippen molar-refractivity contribution in [3.05, 3.63) is 57.3 Å². The molecule has 1 aromatic heterocycles. The molecule has 0 saturated heterocycles. The quantitative estimate of drug-likeness (QED) is 0.683. The van der Waals surface area contributed by atoms with Crippen LogP contribution in [0.3, 0.4) is 0 Å². The van der Waals surface area contributed by atoms with Gasteiger partial charge in [0.1, 0.15) is 6.54 Å². The van der Waals surface area contributed by atoms with Crippen molar-refractivity contribution in [1.29, 1.82) is 0 Å². The van der Waals surface area contributed by atoms with Crippen LogP contribution >= 0.6 is 11.3 Å². The summed E-state index contributed by atoms with van der Waals surface area (Å²) in [5.74, 6) is -0.0379. The summed E-state index contributed by atoms with van der Waals surface area (Å²) in [6.07, 6.45) is 1.71. The molecule has 156 valence electrons. The molecule has 0 N–H and O–H groups in total. The van der Waals surface area contributed by atoms with Gasteiger partial charge in [-0.05, 0) is 49.3 Å². The van der Waals surface area contributed by atoms with Crippen molar-refractivity contribution in [2.75, 3.05) is 13.1 Å². The van der Waals surface area contributed by atoms with Crippen molar-refractivity contribution in [3.8, 4) is 0 Å². The van der Waals surface area contributed by atoms with Crippen LogP contribution in [0.5, 0.6) is 0 Å². The van der Waals surface area contributed by atoms with Crippen LogP contribution in [-0.2, 0) is 16.0 Å². The van der Waals surface area contributed by atoms with Gasteiger partial charge in [0.15, 0.2) is 0 Å². The number of thiophene rings is 1. The van der Waals surface area contributed by atoms with E-state index < -0.39 is 0 Å². The van der Waals surface area contributed by atoms with Gasteiger partial charge in [-0.3, -0.25) is 9.59 Å². The minimum atomic E-state index is -0.116. The number of benzene rings is 1. The molecule has 0 saturated carbocycles. The van der Waals surface area contributed by atoms with Crippen LogP contribution in [0.4, 0.5) is 0 Å². The highest BCUT2D eigenvalue weighted by Crippen LogP contribution is 2.38. The van der Waals surface area contributed by atoms with Gasteiger partial charge in [-0.1, -0.05) is 50.6 Å². The molecule has 1 aliphatic heterocycles. The minimum absolute atomic E-state index is 0.0294. The summed E-state index contributed by atoms with van der Waals surface area (Å²) in [5.41, 5.74) is 3.57. The predicted octanol–water partition coefficient (Wildman–Crippen LogP) is 4.81. The van der Waals surface area contributed by atoms with Crippen LogP contribution in [0.25, 0.3) is 0 Å². The molecule has 4 nitrogen and oxygen atoms in total. The Kier molecular flexibility index (Phi) is 6.78. The third-order valence-electron chi connectivity index (χ3n) is 5.88.